The molecule has 4 nitrogen and oxygen atoms in total. The third-order valence-corrected chi connectivity index (χ3v) is 4.54. The van der Waals surface area contributed by atoms with Crippen LogP contribution in [0.4, 0.5) is 5.69 Å². The fourth-order valence-corrected chi connectivity index (χ4v) is 3.39. The monoisotopic (exact) mass is 296 g/mol. The lowest BCUT2D eigenvalue weighted by Crippen LogP contribution is -2.51. The number of piperazine rings is 1. The fourth-order valence-electron chi connectivity index (χ4n) is 3.39. The first kappa shape index (κ1) is 13.5. The molecule has 0 radical (unpaired) electrons. The van der Waals surface area contributed by atoms with Crippen molar-refractivity contribution < 1.29 is 9.84 Å². The summed E-state index contributed by atoms with van der Waals surface area (Å²) < 4.78 is 5.99. The molecule has 1 saturated heterocycles. The molecule has 2 aliphatic heterocycles. The minimum Gasteiger partial charge on any atom is -0.507 e. The maximum absolute atomic E-state index is 10.1. The number of hydrogen-bond acceptors (Lipinski definition) is 4. The van der Waals surface area contributed by atoms with Gasteiger partial charge in [-0.1, -0.05) is 24.3 Å². The van der Waals surface area contributed by atoms with Gasteiger partial charge in [0.25, 0.3) is 0 Å². The molecule has 2 aliphatic rings. The summed E-state index contributed by atoms with van der Waals surface area (Å²) in [5.41, 5.74) is 3.00. The highest BCUT2D eigenvalue weighted by atomic mass is 16.5. The molecular weight excluding hydrogens is 276 g/mol. The van der Waals surface area contributed by atoms with Gasteiger partial charge in [0.15, 0.2) is 0 Å². The Bertz CT molecular complexity index is 687. The molecule has 1 atom stereocenters. The Balaban J connectivity index is 1.75. The van der Waals surface area contributed by atoms with Gasteiger partial charge in [-0.15, -0.1) is 0 Å². The first-order chi connectivity index (χ1) is 10.8. The second-order valence-corrected chi connectivity index (χ2v) is 5.89. The van der Waals surface area contributed by atoms with Crippen LogP contribution in [0.3, 0.4) is 0 Å². The zero-order valence-electron chi connectivity index (χ0n) is 12.5. The zero-order chi connectivity index (χ0) is 14.9. The number of aromatic hydroxyl groups is 1. The van der Waals surface area contributed by atoms with E-state index < -0.39 is 0 Å². The van der Waals surface area contributed by atoms with E-state index in [0.717, 1.165) is 49.5 Å². The molecule has 0 amide bonds. The van der Waals surface area contributed by atoms with Crippen LogP contribution >= 0.6 is 0 Å². The van der Waals surface area contributed by atoms with Gasteiger partial charge in [0.2, 0.25) is 0 Å². The molecule has 22 heavy (non-hydrogen) atoms. The smallest absolute Gasteiger partial charge is 0.143 e. The van der Waals surface area contributed by atoms with E-state index in [1.807, 2.05) is 18.2 Å². The summed E-state index contributed by atoms with van der Waals surface area (Å²) in [4.78, 5) is 2.45. The van der Waals surface area contributed by atoms with Gasteiger partial charge in [0.05, 0.1) is 12.3 Å². The molecule has 0 bridgehead atoms. The van der Waals surface area contributed by atoms with Gasteiger partial charge in [-0.2, -0.15) is 0 Å². The van der Waals surface area contributed by atoms with Crippen LogP contribution in [0.15, 0.2) is 42.5 Å². The Labute approximate surface area is 130 Å². The predicted octanol–water partition coefficient (Wildman–Crippen LogP) is 2.62. The minimum atomic E-state index is 0.302. The topological polar surface area (TPSA) is 44.7 Å². The van der Waals surface area contributed by atoms with Gasteiger partial charge in [-0.05, 0) is 23.8 Å². The van der Waals surface area contributed by atoms with Crippen molar-refractivity contribution in [3.8, 4) is 22.6 Å². The summed E-state index contributed by atoms with van der Waals surface area (Å²) in [6, 6.07) is 14.2. The van der Waals surface area contributed by atoms with E-state index in [4.69, 9.17) is 4.74 Å². The average Bonchev–Trinajstić information content (AvgIpc) is 2.74. The number of ether oxygens (including phenoxy) is 1. The molecule has 0 aliphatic carbocycles. The Hall–Kier alpha value is -2.20. The number of nitrogens with one attached hydrogen (secondary N) is 1. The maximum Gasteiger partial charge on any atom is 0.143 e. The Morgan fingerprint density at radius 2 is 2.09 bits per heavy atom. The molecule has 0 aromatic heterocycles. The Kier molecular flexibility index (Phi) is 3.39. The van der Waals surface area contributed by atoms with Crippen LogP contribution in [0.5, 0.6) is 11.5 Å². The number of benzene rings is 2. The van der Waals surface area contributed by atoms with E-state index in [1.165, 1.54) is 5.69 Å². The quantitative estimate of drug-likeness (QED) is 0.849. The van der Waals surface area contributed by atoms with Crippen LogP contribution in [0.25, 0.3) is 11.1 Å². The normalized spacial score (nSPS) is 20.5. The zero-order valence-corrected chi connectivity index (χ0v) is 12.5. The molecule has 0 saturated carbocycles. The molecule has 4 heteroatoms. The van der Waals surface area contributed by atoms with Crippen molar-refractivity contribution in [3.63, 3.8) is 0 Å². The molecule has 0 spiro atoms. The number of para-hydroxylation sites is 1. The third kappa shape index (κ3) is 2.29. The molecule has 2 heterocycles. The molecule has 1 fully saturated rings. The molecule has 4 rings (SSSR count). The van der Waals surface area contributed by atoms with Crippen LogP contribution < -0.4 is 15.0 Å². The molecule has 0 unspecified atom stereocenters. The summed E-state index contributed by atoms with van der Waals surface area (Å²) in [7, 11) is 0. The van der Waals surface area contributed by atoms with Gasteiger partial charge in [-0.25, -0.2) is 0 Å². The van der Waals surface area contributed by atoms with Crippen molar-refractivity contribution in [2.24, 2.45) is 0 Å². The molecule has 2 aromatic carbocycles. The number of fused-ring (bicyclic) bond motifs is 3. The van der Waals surface area contributed by atoms with Crippen LogP contribution in [-0.4, -0.2) is 37.4 Å². The maximum atomic E-state index is 10.1. The van der Waals surface area contributed by atoms with Gasteiger partial charge in [-0.3, -0.25) is 0 Å². The number of phenolic OH excluding ortho intramolecular Hbond substituents is 1. The first-order valence-electron chi connectivity index (χ1n) is 7.85. The highest BCUT2D eigenvalue weighted by Crippen LogP contribution is 2.39. The van der Waals surface area contributed by atoms with Gasteiger partial charge < -0.3 is 20.1 Å². The predicted molar refractivity (Wildman–Crippen MR) is 87.7 cm³/mol. The number of phenols is 1. The van der Waals surface area contributed by atoms with Gasteiger partial charge in [0.1, 0.15) is 11.5 Å². The molecule has 2 aromatic rings. The molecule has 114 valence electrons. The minimum absolute atomic E-state index is 0.302. The van der Waals surface area contributed by atoms with Crippen LogP contribution in [0.2, 0.25) is 0 Å². The van der Waals surface area contributed by atoms with Crippen molar-refractivity contribution in [2.45, 2.75) is 12.5 Å². The highest BCUT2D eigenvalue weighted by Gasteiger charge is 2.27. The SMILES string of the molecule is Oc1ccccc1-c1ccc2c(c1)OCC[C@H]1CNCCN21. The van der Waals surface area contributed by atoms with Gasteiger partial charge in [0, 0.05) is 37.7 Å². The number of rotatable bonds is 1. The second-order valence-electron chi connectivity index (χ2n) is 5.89. The van der Waals surface area contributed by atoms with Crippen LogP contribution in [-0.2, 0) is 0 Å². The van der Waals surface area contributed by atoms with E-state index in [0.29, 0.717) is 11.8 Å². The van der Waals surface area contributed by atoms with Crippen molar-refractivity contribution >= 4 is 5.69 Å². The van der Waals surface area contributed by atoms with E-state index >= 15 is 0 Å². The van der Waals surface area contributed by atoms with E-state index in [-0.39, 0.29) is 0 Å². The van der Waals surface area contributed by atoms with E-state index in [9.17, 15) is 5.11 Å². The van der Waals surface area contributed by atoms with Gasteiger partial charge >= 0.3 is 0 Å². The van der Waals surface area contributed by atoms with Crippen molar-refractivity contribution in [2.75, 3.05) is 31.1 Å². The van der Waals surface area contributed by atoms with Crippen molar-refractivity contribution in [1.82, 2.24) is 5.32 Å². The van der Waals surface area contributed by atoms with E-state index in [2.05, 4.69) is 28.4 Å². The largest absolute Gasteiger partial charge is 0.507 e. The summed E-state index contributed by atoms with van der Waals surface area (Å²) >= 11 is 0. The first-order valence-corrected chi connectivity index (χ1v) is 7.85. The van der Waals surface area contributed by atoms with E-state index in [1.54, 1.807) is 6.07 Å². The summed E-state index contributed by atoms with van der Waals surface area (Å²) in [6.07, 6.45) is 1.04. The number of nitrogens with zero attached hydrogens (tertiary/aromatic N) is 1. The number of hydrogen-bond donors (Lipinski definition) is 2. The second kappa shape index (κ2) is 5.54. The highest BCUT2D eigenvalue weighted by molar-refractivity contribution is 5.75. The number of anilines is 1. The lowest BCUT2D eigenvalue weighted by molar-refractivity contribution is 0.304. The fraction of sp³-hybridized carbons (Fsp3) is 0.333. The summed E-state index contributed by atoms with van der Waals surface area (Å²) in [5.74, 6) is 1.22. The van der Waals surface area contributed by atoms with Crippen LogP contribution in [0, 0.1) is 0 Å². The lowest BCUT2D eigenvalue weighted by atomic mass is 10.0. The summed E-state index contributed by atoms with van der Waals surface area (Å²) in [5, 5.41) is 13.5. The Morgan fingerprint density at radius 3 is 3.00 bits per heavy atom. The standard InChI is InChI=1S/C18H20N2O2/c21-17-4-2-1-3-15(17)13-5-6-16-18(11-13)22-10-7-14-12-19-8-9-20(14)16/h1-6,11,14,19,21H,7-10,12H2/t14-/m0/s1. The third-order valence-electron chi connectivity index (χ3n) is 4.54. The van der Waals surface area contributed by atoms with Crippen molar-refractivity contribution in [1.29, 1.82) is 0 Å². The lowest BCUT2D eigenvalue weighted by Gasteiger charge is -2.36. The summed E-state index contributed by atoms with van der Waals surface area (Å²) in [6.45, 7) is 3.78. The van der Waals surface area contributed by atoms with Crippen molar-refractivity contribution in [3.05, 3.63) is 42.5 Å². The Morgan fingerprint density at radius 1 is 1.18 bits per heavy atom. The molecular formula is C18H20N2O2. The molecule has 2 N–H and O–H groups in total. The average molecular weight is 296 g/mol. The van der Waals surface area contributed by atoms with Crippen LogP contribution in [0.1, 0.15) is 6.42 Å².